The van der Waals surface area contributed by atoms with E-state index in [0.29, 0.717) is 12.6 Å². The average molecular weight is 267 g/mol. The van der Waals surface area contributed by atoms with E-state index in [2.05, 4.69) is 17.2 Å². The zero-order valence-corrected chi connectivity index (χ0v) is 11.6. The van der Waals surface area contributed by atoms with Gasteiger partial charge in [-0.3, -0.25) is 15.1 Å². The Labute approximate surface area is 112 Å². The SMILES string of the molecule is Cc1cc(CN(C)C2CCOC2C)oc1C(=O)NN. The van der Waals surface area contributed by atoms with Crippen LogP contribution in [0.2, 0.25) is 0 Å². The van der Waals surface area contributed by atoms with Gasteiger partial charge in [-0.05, 0) is 33.4 Å². The highest BCUT2D eigenvalue weighted by Crippen LogP contribution is 2.22. The number of aryl methyl sites for hydroxylation is 1. The fraction of sp³-hybridized carbons (Fsp3) is 0.615. The normalized spacial score (nSPS) is 23.0. The highest BCUT2D eigenvalue weighted by Gasteiger charge is 2.28. The summed E-state index contributed by atoms with van der Waals surface area (Å²) in [6, 6.07) is 2.26. The molecule has 1 aromatic rings. The minimum absolute atomic E-state index is 0.230. The van der Waals surface area contributed by atoms with Crippen molar-refractivity contribution in [1.29, 1.82) is 0 Å². The van der Waals surface area contributed by atoms with Crippen LogP contribution in [0.25, 0.3) is 0 Å². The van der Waals surface area contributed by atoms with Gasteiger partial charge in [0.15, 0.2) is 5.76 Å². The fourth-order valence-electron chi connectivity index (χ4n) is 2.58. The van der Waals surface area contributed by atoms with Crippen molar-refractivity contribution >= 4 is 5.91 Å². The fourth-order valence-corrected chi connectivity index (χ4v) is 2.58. The van der Waals surface area contributed by atoms with Crippen LogP contribution in [-0.2, 0) is 11.3 Å². The number of carbonyl (C=O) groups excluding carboxylic acids is 1. The van der Waals surface area contributed by atoms with Crippen molar-refractivity contribution in [2.45, 2.75) is 39.0 Å². The van der Waals surface area contributed by atoms with Crippen molar-refractivity contribution in [2.24, 2.45) is 5.84 Å². The Hall–Kier alpha value is -1.37. The second-order valence-corrected chi connectivity index (χ2v) is 5.05. The van der Waals surface area contributed by atoms with Gasteiger partial charge in [0.25, 0.3) is 0 Å². The Balaban J connectivity index is 2.05. The quantitative estimate of drug-likeness (QED) is 0.479. The van der Waals surface area contributed by atoms with E-state index in [1.165, 1.54) is 0 Å². The molecule has 0 aromatic carbocycles. The van der Waals surface area contributed by atoms with Crippen LogP contribution in [0.3, 0.4) is 0 Å². The van der Waals surface area contributed by atoms with Gasteiger partial charge in [0.05, 0.1) is 12.6 Å². The van der Waals surface area contributed by atoms with E-state index in [9.17, 15) is 4.79 Å². The molecule has 6 heteroatoms. The number of hydrogen-bond donors (Lipinski definition) is 2. The summed E-state index contributed by atoms with van der Waals surface area (Å²) in [4.78, 5) is 13.7. The third-order valence-corrected chi connectivity index (χ3v) is 3.61. The zero-order chi connectivity index (χ0) is 14.0. The van der Waals surface area contributed by atoms with Crippen molar-refractivity contribution < 1.29 is 13.9 Å². The Morgan fingerprint density at radius 3 is 2.95 bits per heavy atom. The van der Waals surface area contributed by atoms with Crippen molar-refractivity contribution in [3.8, 4) is 0 Å². The third kappa shape index (κ3) is 2.97. The topological polar surface area (TPSA) is 80.7 Å². The van der Waals surface area contributed by atoms with E-state index in [1.807, 2.05) is 20.0 Å². The van der Waals surface area contributed by atoms with E-state index in [1.54, 1.807) is 0 Å². The number of hydrazine groups is 1. The van der Waals surface area contributed by atoms with Gasteiger partial charge in [-0.2, -0.15) is 0 Å². The predicted molar refractivity (Wildman–Crippen MR) is 70.4 cm³/mol. The Kier molecular flexibility index (Phi) is 4.24. The Bertz CT molecular complexity index is 458. The molecule has 1 aliphatic rings. The maximum atomic E-state index is 11.5. The second-order valence-electron chi connectivity index (χ2n) is 5.05. The summed E-state index contributed by atoms with van der Waals surface area (Å²) in [6.07, 6.45) is 1.25. The van der Waals surface area contributed by atoms with E-state index in [-0.39, 0.29) is 11.9 Å². The molecular weight excluding hydrogens is 246 g/mol. The van der Waals surface area contributed by atoms with Crippen molar-refractivity contribution in [1.82, 2.24) is 10.3 Å². The first-order chi connectivity index (χ1) is 9.02. The van der Waals surface area contributed by atoms with Crippen molar-refractivity contribution in [3.63, 3.8) is 0 Å². The molecule has 6 nitrogen and oxygen atoms in total. The van der Waals surface area contributed by atoms with Gasteiger partial charge in [0, 0.05) is 18.2 Å². The second kappa shape index (κ2) is 5.73. The number of nitrogen functional groups attached to an aromatic ring is 1. The average Bonchev–Trinajstić information content (AvgIpc) is 2.94. The number of carbonyl (C=O) groups is 1. The van der Waals surface area contributed by atoms with Crippen LogP contribution in [0.5, 0.6) is 0 Å². The van der Waals surface area contributed by atoms with E-state index in [4.69, 9.17) is 15.0 Å². The molecule has 0 bridgehead atoms. The summed E-state index contributed by atoms with van der Waals surface area (Å²) < 4.78 is 11.1. The minimum Gasteiger partial charge on any atom is -0.454 e. The van der Waals surface area contributed by atoms with Crippen molar-refractivity contribution in [3.05, 3.63) is 23.2 Å². The molecule has 3 N–H and O–H groups in total. The highest BCUT2D eigenvalue weighted by molar-refractivity contribution is 5.92. The van der Waals surface area contributed by atoms with Crippen LogP contribution < -0.4 is 11.3 Å². The summed E-state index contributed by atoms with van der Waals surface area (Å²) in [6.45, 7) is 5.36. The molecule has 0 radical (unpaired) electrons. The molecule has 2 atom stereocenters. The number of amides is 1. The van der Waals surface area contributed by atoms with Gasteiger partial charge in [-0.25, -0.2) is 5.84 Å². The van der Waals surface area contributed by atoms with Crippen LogP contribution in [0.4, 0.5) is 0 Å². The van der Waals surface area contributed by atoms with E-state index >= 15 is 0 Å². The van der Waals surface area contributed by atoms with Crippen LogP contribution in [0.15, 0.2) is 10.5 Å². The lowest BCUT2D eigenvalue weighted by molar-refractivity contribution is 0.0783. The molecule has 1 amide bonds. The summed E-state index contributed by atoms with van der Waals surface area (Å²) in [5, 5.41) is 0. The van der Waals surface area contributed by atoms with Crippen LogP contribution in [0.1, 0.15) is 35.2 Å². The number of hydrogen-bond acceptors (Lipinski definition) is 5. The van der Waals surface area contributed by atoms with Gasteiger partial charge in [-0.15, -0.1) is 0 Å². The highest BCUT2D eigenvalue weighted by atomic mass is 16.5. The number of furan rings is 1. The first-order valence-corrected chi connectivity index (χ1v) is 6.45. The number of likely N-dealkylation sites (N-methyl/N-ethyl adjacent to an activating group) is 1. The number of rotatable bonds is 4. The van der Waals surface area contributed by atoms with Crippen LogP contribution in [-0.4, -0.2) is 36.6 Å². The summed E-state index contributed by atoms with van der Waals surface area (Å²) in [5.41, 5.74) is 2.88. The van der Waals surface area contributed by atoms with Crippen LogP contribution in [0, 0.1) is 6.92 Å². The summed E-state index contributed by atoms with van der Waals surface area (Å²) in [5.74, 6) is 5.76. The molecule has 2 heterocycles. The van der Waals surface area contributed by atoms with Gasteiger partial charge in [0.2, 0.25) is 0 Å². The van der Waals surface area contributed by atoms with E-state index < -0.39 is 5.91 Å². The molecule has 19 heavy (non-hydrogen) atoms. The number of nitrogens with one attached hydrogen (secondary N) is 1. The largest absolute Gasteiger partial charge is 0.454 e. The lowest BCUT2D eigenvalue weighted by Gasteiger charge is -2.25. The number of nitrogens with zero attached hydrogens (tertiary/aromatic N) is 1. The molecule has 0 saturated carbocycles. The first kappa shape index (κ1) is 14.0. The van der Waals surface area contributed by atoms with Gasteiger partial charge >= 0.3 is 5.91 Å². The molecule has 2 unspecified atom stereocenters. The van der Waals surface area contributed by atoms with Gasteiger partial charge < -0.3 is 9.15 Å². The van der Waals surface area contributed by atoms with Crippen molar-refractivity contribution in [2.75, 3.05) is 13.7 Å². The molecule has 0 spiro atoms. The molecule has 1 aromatic heterocycles. The summed E-state index contributed by atoms with van der Waals surface area (Å²) in [7, 11) is 2.04. The van der Waals surface area contributed by atoms with Gasteiger partial charge in [-0.1, -0.05) is 0 Å². The zero-order valence-electron chi connectivity index (χ0n) is 11.6. The predicted octanol–water partition coefficient (Wildman–Crippen LogP) is 0.801. The van der Waals surface area contributed by atoms with Gasteiger partial charge in [0.1, 0.15) is 5.76 Å². The minimum atomic E-state index is -0.399. The number of ether oxygens (including phenoxy) is 1. The smallest absolute Gasteiger partial charge is 0.301 e. The molecule has 106 valence electrons. The monoisotopic (exact) mass is 267 g/mol. The molecule has 1 fully saturated rings. The molecule has 0 aliphatic carbocycles. The molecule has 2 rings (SSSR count). The Morgan fingerprint density at radius 1 is 1.63 bits per heavy atom. The maximum absolute atomic E-state index is 11.5. The maximum Gasteiger partial charge on any atom is 0.301 e. The standard InChI is InChI=1S/C13H21N3O3/c1-8-6-10(19-12(8)13(17)15-14)7-16(3)11-4-5-18-9(11)2/h6,9,11H,4-5,7,14H2,1-3H3,(H,15,17). The van der Waals surface area contributed by atoms with Crippen LogP contribution >= 0.6 is 0 Å². The lowest BCUT2D eigenvalue weighted by Crippen LogP contribution is -2.36. The molecule has 1 aliphatic heterocycles. The summed E-state index contributed by atoms with van der Waals surface area (Å²) >= 11 is 0. The third-order valence-electron chi connectivity index (χ3n) is 3.61. The lowest BCUT2D eigenvalue weighted by atomic mass is 10.1. The number of nitrogens with two attached hydrogens (primary N) is 1. The first-order valence-electron chi connectivity index (χ1n) is 6.45. The molecule has 1 saturated heterocycles. The van der Waals surface area contributed by atoms with E-state index in [0.717, 1.165) is 24.4 Å². The molecular formula is C13H21N3O3. The Morgan fingerprint density at radius 2 is 2.37 bits per heavy atom.